The zero-order chi connectivity index (χ0) is 13.6. The van der Waals surface area contributed by atoms with E-state index < -0.39 is 13.3 Å². The summed E-state index contributed by atoms with van der Waals surface area (Å²) >= 11 is 5.78. The highest BCUT2D eigenvalue weighted by atomic mass is 35.5. The van der Waals surface area contributed by atoms with Crippen LogP contribution in [0, 0.1) is 11.3 Å². The number of nitrogens with zero attached hydrogens (tertiary/aromatic N) is 1. The van der Waals surface area contributed by atoms with Gasteiger partial charge in [0.05, 0.1) is 19.3 Å². The topological polar surface area (TPSA) is 59.3 Å². The maximum atomic E-state index is 12.5. The molecular weight excluding hydrogens is 273 g/mol. The summed E-state index contributed by atoms with van der Waals surface area (Å²) in [4.78, 5) is 0. The Morgan fingerprint density at radius 1 is 1.28 bits per heavy atom. The van der Waals surface area contributed by atoms with E-state index in [1.54, 1.807) is 38.1 Å². The molecule has 0 aromatic heterocycles. The van der Waals surface area contributed by atoms with Crippen LogP contribution in [0.3, 0.4) is 0 Å². The largest absolute Gasteiger partial charge is 0.352 e. The summed E-state index contributed by atoms with van der Waals surface area (Å²) in [7, 11) is -3.47. The summed E-state index contributed by atoms with van der Waals surface area (Å²) in [5.41, 5.74) is -0.359. The van der Waals surface area contributed by atoms with Gasteiger partial charge in [0.2, 0.25) is 0 Å². The molecule has 0 aliphatic carbocycles. The fraction of sp³-hybridized carbons (Fsp3) is 0.417. The Balaban J connectivity index is 3.10. The van der Waals surface area contributed by atoms with Crippen molar-refractivity contribution in [1.82, 2.24) is 0 Å². The molecule has 1 aromatic carbocycles. The van der Waals surface area contributed by atoms with Gasteiger partial charge in [0.25, 0.3) is 0 Å². The number of halogens is 1. The van der Waals surface area contributed by atoms with Crippen LogP contribution in [0.4, 0.5) is 0 Å². The first-order valence-corrected chi connectivity index (χ1v) is 7.60. The SMILES string of the molecule is CCOP(=O)(OCC)C(C#N)c1ccc(Cl)cc1. The molecule has 0 saturated heterocycles. The van der Waals surface area contributed by atoms with E-state index in [9.17, 15) is 9.83 Å². The highest BCUT2D eigenvalue weighted by Crippen LogP contribution is 2.60. The predicted molar refractivity (Wildman–Crippen MR) is 70.7 cm³/mol. The molecule has 0 aliphatic heterocycles. The standard InChI is InChI=1S/C12H15ClNO3P/c1-3-16-18(15,17-4-2)12(9-14)10-5-7-11(13)8-6-10/h5-8,12H,3-4H2,1-2H3. The Bertz CT molecular complexity index is 459. The van der Waals surface area contributed by atoms with Crippen LogP contribution in [0.2, 0.25) is 5.02 Å². The zero-order valence-corrected chi connectivity index (χ0v) is 11.9. The second-order valence-electron chi connectivity index (χ2n) is 3.46. The normalized spacial score (nSPS) is 13.0. The molecule has 1 unspecified atom stereocenters. The van der Waals surface area contributed by atoms with Gasteiger partial charge in [0, 0.05) is 5.02 Å². The van der Waals surface area contributed by atoms with Crippen LogP contribution >= 0.6 is 19.2 Å². The Morgan fingerprint density at radius 3 is 2.17 bits per heavy atom. The van der Waals surface area contributed by atoms with Crippen molar-refractivity contribution in [3.63, 3.8) is 0 Å². The van der Waals surface area contributed by atoms with Crippen LogP contribution in [-0.4, -0.2) is 13.2 Å². The molecule has 98 valence electrons. The van der Waals surface area contributed by atoms with E-state index >= 15 is 0 Å². The fourth-order valence-electron chi connectivity index (χ4n) is 1.52. The average Bonchev–Trinajstić information content (AvgIpc) is 2.33. The Morgan fingerprint density at radius 2 is 1.78 bits per heavy atom. The molecule has 0 bridgehead atoms. The number of rotatable bonds is 6. The van der Waals surface area contributed by atoms with Gasteiger partial charge >= 0.3 is 7.60 Å². The van der Waals surface area contributed by atoms with E-state index in [1.807, 2.05) is 6.07 Å². The second kappa shape index (κ2) is 6.92. The summed E-state index contributed by atoms with van der Waals surface area (Å²) in [5.74, 6) is 0. The van der Waals surface area contributed by atoms with Gasteiger partial charge < -0.3 is 9.05 Å². The first kappa shape index (κ1) is 15.2. The minimum absolute atomic E-state index is 0.225. The molecule has 4 nitrogen and oxygen atoms in total. The average molecular weight is 288 g/mol. The van der Waals surface area contributed by atoms with Crippen LogP contribution in [0.1, 0.15) is 25.1 Å². The minimum Gasteiger partial charge on any atom is -0.308 e. The van der Waals surface area contributed by atoms with Crippen LogP contribution in [-0.2, 0) is 13.6 Å². The van der Waals surface area contributed by atoms with Gasteiger partial charge in [-0.1, -0.05) is 23.7 Å². The summed E-state index contributed by atoms with van der Waals surface area (Å²) in [5, 5.41) is 9.78. The van der Waals surface area contributed by atoms with Crippen LogP contribution in [0.25, 0.3) is 0 Å². The van der Waals surface area contributed by atoms with Crippen molar-refractivity contribution < 1.29 is 13.6 Å². The van der Waals surface area contributed by atoms with Crippen LogP contribution in [0.15, 0.2) is 24.3 Å². The maximum absolute atomic E-state index is 12.5. The van der Waals surface area contributed by atoms with Gasteiger partial charge in [0.15, 0.2) is 5.66 Å². The van der Waals surface area contributed by atoms with Gasteiger partial charge in [-0.15, -0.1) is 0 Å². The third-order valence-corrected chi connectivity index (χ3v) is 4.78. The molecule has 0 fully saturated rings. The molecule has 0 radical (unpaired) electrons. The van der Waals surface area contributed by atoms with Crippen molar-refractivity contribution in [2.45, 2.75) is 19.5 Å². The highest BCUT2D eigenvalue weighted by Gasteiger charge is 2.37. The lowest BCUT2D eigenvalue weighted by Crippen LogP contribution is -2.05. The third kappa shape index (κ3) is 3.57. The number of benzene rings is 1. The molecule has 0 N–H and O–H groups in total. The number of nitriles is 1. The van der Waals surface area contributed by atoms with Gasteiger partial charge in [-0.2, -0.15) is 5.26 Å². The molecule has 0 aliphatic rings. The lowest BCUT2D eigenvalue weighted by molar-refractivity contribution is 0.216. The maximum Gasteiger partial charge on any atom is 0.352 e. The summed E-state index contributed by atoms with van der Waals surface area (Å²) in [6.45, 7) is 3.87. The molecule has 1 aromatic rings. The van der Waals surface area contributed by atoms with Crippen LogP contribution in [0.5, 0.6) is 0 Å². The Labute approximate surface area is 112 Å². The Hall–Kier alpha value is -0.850. The number of hydrogen-bond donors (Lipinski definition) is 0. The van der Waals surface area contributed by atoms with Gasteiger partial charge in [-0.3, -0.25) is 4.57 Å². The van der Waals surface area contributed by atoms with Gasteiger partial charge in [-0.05, 0) is 31.5 Å². The smallest absolute Gasteiger partial charge is 0.308 e. The summed E-state index contributed by atoms with van der Waals surface area (Å²) < 4.78 is 22.9. The van der Waals surface area contributed by atoms with Crippen LogP contribution < -0.4 is 0 Å². The molecule has 18 heavy (non-hydrogen) atoms. The predicted octanol–water partition coefficient (Wildman–Crippen LogP) is 4.17. The molecule has 1 atom stereocenters. The Kier molecular flexibility index (Phi) is 5.84. The van der Waals surface area contributed by atoms with Gasteiger partial charge in [0.1, 0.15) is 0 Å². The minimum atomic E-state index is -3.47. The van der Waals surface area contributed by atoms with Gasteiger partial charge in [-0.25, -0.2) is 0 Å². The van der Waals surface area contributed by atoms with Crippen molar-refractivity contribution in [2.75, 3.05) is 13.2 Å². The molecule has 0 saturated carbocycles. The van der Waals surface area contributed by atoms with Crippen molar-refractivity contribution in [1.29, 1.82) is 5.26 Å². The highest BCUT2D eigenvalue weighted by molar-refractivity contribution is 7.54. The van der Waals surface area contributed by atoms with E-state index in [0.717, 1.165) is 0 Å². The lowest BCUT2D eigenvalue weighted by Gasteiger charge is -2.21. The molecule has 6 heteroatoms. The van der Waals surface area contributed by atoms with Crippen molar-refractivity contribution >= 4 is 19.2 Å². The molecule has 0 amide bonds. The molecule has 0 heterocycles. The molecular formula is C12H15ClNO3P. The van der Waals surface area contributed by atoms with E-state index in [2.05, 4.69) is 0 Å². The quantitative estimate of drug-likeness (QED) is 0.737. The van der Waals surface area contributed by atoms with E-state index in [1.165, 1.54) is 0 Å². The lowest BCUT2D eigenvalue weighted by atomic mass is 10.2. The fourth-order valence-corrected chi connectivity index (χ4v) is 3.42. The monoisotopic (exact) mass is 287 g/mol. The van der Waals surface area contributed by atoms with E-state index in [4.69, 9.17) is 20.6 Å². The van der Waals surface area contributed by atoms with E-state index in [0.29, 0.717) is 10.6 Å². The first-order chi connectivity index (χ1) is 8.57. The van der Waals surface area contributed by atoms with E-state index in [-0.39, 0.29) is 13.2 Å². The van der Waals surface area contributed by atoms with Crippen molar-refractivity contribution in [2.24, 2.45) is 0 Å². The zero-order valence-electron chi connectivity index (χ0n) is 10.3. The summed E-state index contributed by atoms with van der Waals surface area (Å²) in [6, 6.07) is 8.58. The third-order valence-electron chi connectivity index (χ3n) is 2.24. The van der Waals surface area contributed by atoms with Crippen molar-refractivity contribution in [3.05, 3.63) is 34.9 Å². The second-order valence-corrected chi connectivity index (χ2v) is 6.01. The molecule has 0 spiro atoms. The molecule has 1 rings (SSSR count). The number of hydrogen-bond acceptors (Lipinski definition) is 4. The first-order valence-electron chi connectivity index (χ1n) is 5.61. The summed E-state index contributed by atoms with van der Waals surface area (Å²) in [6.07, 6.45) is 0. The van der Waals surface area contributed by atoms with Crippen molar-refractivity contribution in [3.8, 4) is 6.07 Å².